The average molecular weight is 261 g/mol. The van der Waals surface area contributed by atoms with Crippen LogP contribution < -0.4 is 5.43 Å². The van der Waals surface area contributed by atoms with E-state index in [-0.39, 0.29) is 12.3 Å². The fourth-order valence-electron chi connectivity index (χ4n) is 3.45. The molecule has 2 aliphatic carbocycles. The zero-order chi connectivity index (χ0) is 13.5. The maximum absolute atomic E-state index is 11.3. The number of carbonyl (C=O) groups excluding carboxylic acids is 1. The Morgan fingerprint density at radius 2 is 1.95 bits per heavy atom. The number of hydrazone groups is 1. The first kappa shape index (κ1) is 14.0. The van der Waals surface area contributed by atoms with E-state index in [0.717, 1.165) is 12.3 Å². The van der Waals surface area contributed by atoms with Crippen LogP contribution in [0.15, 0.2) is 5.10 Å². The third-order valence-corrected chi connectivity index (χ3v) is 4.41. The first-order valence-electron chi connectivity index (χ1n) is 7.53. The summed E-state index contributed by atoms with van der Waals surface area (Å²) < 4.78 is 0. The molecule has 0 bridgehead atoms. The molecule has 4 nitrogen and oxygen atoms in total. The fourth-order valence-corrected chi connectivity index (χ4v) is 3.45. The minimum atomic E-state index is -0.289. The van der Waals surface area contributed by atoms with Crippen molar-refractivity contribution in [2.75, 3.05) is 0 Å². The first-order chi connectivity index (χ1) is 9.31. The van der Waals surface area contributed by atoms with Crippen LogP contribution in [0.5, 0.6) is 0 Å². The van der Waals surface area contributed by atoms with Crippen molar-refractivity contribution >= 4 is 11.6 Å². The van der Waals surface area contributed by atoms with Crippen LogP contribution in [0.4, 0.5) is 0 Å². The van der Waals surface area contributed by atoms with E-state index in [0.29, 0.717) is 5.92 Å². The van der Waals surface area contributed by atoms with E-state index in [9.17, 15) is 4.79 Å². The van der Waals surface area contributed by atoms with Gasteiger partial charge in [-0.2, -0.15) is 10.4 Å². The Balaban J connectivity index is 1.96. The summed E-state index contributed by atoms with van der Waals surface area (Å²) in [7, 11) is 0. The SMILES string of the molecule is N#CCC(=O)N/N=C1/CCCC[C@H]1C1CCCCC1. The molecule has 0 unspecified atom stereocenters. The summed E-state index contributed by atoms with van der Waals surface area (Å²) in [6, 6.07) is 1.85. The van der Waals surface area contributed by atoms with Gasteiger partial charge in [-0.15, -0.1) is 0 Å². The molecule has 1 amide bonds. The molecule has 0 aromatic rings. The van der Waals surface area contributed by atoms with Crippen LogP contribution in [0.1, 0.15) is 64.2 Å². The third kappa shape index (κ3) is 4.05. The van der Waals surface area contributed by atoms with Crippen LogP contribution in [-0.2, 0) is 4.79 Å². The highest BCUT2D eigenvalue weighted by molar-refractivity contribution is 5.89. The predicted octanol–water partition coefficient (Wildman–Crippen LogP) is 3.14. The average Bonchev–Trinajstić information content (AvgIpc) is 2.47. The maximum atomic E-state index is 11.3. The minimum absolute atomic E-state index is 0.106. The van der Waals surface area contributed by atoms with E-state index < -0.39 is 0 Å². The van der Waals surface area contributed by atoms with Gasteiger partial charge in [-0.3, -0.25) is 4.79 Å². The van der Waals surface area contributed by atoms with Crippen LogP contribution in [0.3, 0.4) is 0 Å². The zero-order valence-electron chi connectivity index (χ0n) is 11.5. The van der Waals surface area contributed by atoms with Gasteiger partial charge in [0.1, 0.15) is 6.42 Å². The van der Waals surface area contributed by atoms with Gasteiger partial charge in [0.2, 0.25) is 0 Å². The van der Waals surface area contributed by atoms with Gasteiger partial charge in [0.05, 0.1) is 6.07 Å². The van der Waals surface area contributed by atoms with Crippen molar-refractivity contribution in [3.8, 4) is 6.07 Å². The van der Waals surface area contributed by atoms with E-state index in [4.69, 9.17) is 5.26 Å². The molecular formula is C15H23N3O. The van der Waals surface area contributed by atoms with E-state index >= 15 is 0 Å². The van der Waals surface area contributed by atoms with Gasteiger partial charge in [-0.25, -0.2) is 5.43 Å². The topological polar surface area (TPSA) is 65.2 Å². The summed E-state index contributed by atoms with van der Waals surface area (Å²) >= 11 is 0. The monoisotopic (exact) mass is 261 g/mol. The van der Waals surface area contributed by atoms with Gasteiger partial charge >= 0.3 is 0 Å². The van der Waals surface area contributed by atoms with Gasteiger partial charge in [0.25, 0.3) is 5.91 Å². The molecule has 0 aromatic heterocycles. The van der Waals surface area contributed by atoms with E-state index in [1.165, 1.54) is 57.1 Å². The molecule has 0 heterocycles. The standard InChI is InChI=1S/C15H23N3O/c16-11-10-15(19)18-17-14-9-5-4-8-13(14)12-6-2-1-3-7-12/h12-13H,1-10H2,(H,18,19)/b17-14-/t13-/m0/s1. The second kappa shape index (κ2) is 7.28. The van der Waals surface area contributed by atoms with Gasteiger partial charge < -0.3 is 0 Å². The summed E-state index contributed by atoms with van der Waals surface area (Å²) in [5.74, 6) is 1.04. The number of hydrogen-bond acceptors (Lipinski definition) is 3. The lowest BCUT2D eigenvalue weighted by molar-refractivity contribution is -0.120. The number of rotatable bonds is 3. The third-order valence-electron chi connectivity index (χ3n) is 4.41. The lowest BCUT2D eigenvalue weighted by Gasteiger charge is -2.33. The van der Waals surface area contributed by atoms with Crippen LogP contribution in [-0.4, -0.2) is 11.6 Å². The number of hydrogen-bond donors (Lipinski definition) is 1. The summed E-state index contributed by atoms with van der Waals surface area (Å²) in [5.41, 5.74) is 3.72. The quantitative estimate of drug-likeness (QED) is 0.793. The van der Waals surface area contributed by atoms with E-state index in [1.54, 1.807) is 0 Å². The van der Waals surface area contributed by atoms with Crippen molar-refractivity contribution in [1.82, 2.24) is 5.43 Å². The molecule has 2 fully saturated rings. The molecule has 0 aliphatic heterocycles. The summed E-state index contributed by atoms with van der Waals surface area (Å²) in [5, 5.41) is 12.8. The molecule has 1 atom stereocenters. The molecule has 1 N–H and O–H groups in total. The number of nitrogens with one attached hydrogen (secondary N) is 1. The Morgan fingerprint density at radius 3 is 2.68 bits per heavy atom. The number of nitriles is 1. The molecule has 104 valence electrons. The lowest BCUT2D eigenvalue weighted by Crippen LogP contribution is -2.31. The highest BCUT2D eigenvalue weighted by atomic mass is 16.2. The summed E-state index contributed by atoms with van der Waals surface area (Å²) in [4.78, 5) is 11.3. The Bertz CT molecular complexity index is 377. The van der Waals surface area contributed by atoms with Crippen molar-refractivity contribution in [2.24, 2.45) is 16.9 Å². The van der Waals surface area contributed by atoms with Crippen molar-refractivity contribution in [2.45, 2.75) is 64.2 Å². The normalized spacial score (nSPS) is 26.9. The second-order valence-corrected chi connectivity index (χ2v) is 5.72. The second-order valence-electron chi connectivity index (χ2n) is 5.72. The molecule has 2 saturated carbocycles. The van der Waals surface area contributed by atoms with Crippen molar-refractivity contribution in [3.05, 3.63) is 0 Å². The highest BCUT2D eigenvalue weighted by Crippen LogP contribution is 2.36. The van der Waals surface area contributed by atoms with Crippen molar-refractivity contribution in [1.29, 1.82) is 5.26 Å². The molecular weight excluding hydrogens is 238 g/mol. The predicted molar refractivity (Wildman–Crippen MR) is 74.3 cm³/mol. The zero-order valence-corrected chi connectivity index (χ0v) is 11.5. The van der Waals surface area contributed by atoms with E-state index in [2.05, 4.69) is 10.5 Å². The highest BCUT2D eigenvalue weighted by Gasteiger charge is 2.29. The number of amides is 1. The molecule has 0 spiro atoms. The molecule has 0 saturated heterocycles. The Hall–Kier alpha value is -1.37. The van der Waals surface area contributed by atoms with Gasteiger partial charge in [0, 0.05) is 11.6 Å². The van der Waals surface area contributed by atoms with Crippen LogP contribution in [0, 0.1) is 23.2 Å². The Morgan fingerprint density at radius 1 is 1.21 bits per heavy atom. The Kier molecular flexibility index (Phi) is 5.38. The summed E-state index contributed by atoms with van der Waals surface area (Å²) in [6.07, 6.45) is 11.3. The molecule has 0 aromatic carbocycles. The van der Waals surface area contributed by atoms with Crippen LogP contribution >= 0.6 is 0 Å². The molecule has 19 heavy (non-hydrogen) atoms. The maximum Gasteiger partial charge on any atom is 0.254 e. The molecule has 2 aliphatic rings. The van der Waals surface area contributed by atoms with Crippen molar-refractivity contribution < 1.29 is 4.79 Å². The fraction of sp³-hybridized carbons (Fsp3) is 0.800. The van der Waals surface area contributed by atoms with Crippen molar-refractivity contribution in [3.63, 3.8) is 0 Å². The summed E-state index contributed by atoms with van der Waals surface area (Å²) in [6.45, 7) is 0. The van der Waals surface area contributed by atoms with Gasteiger partial charge in [-0.1, -0.05) is 25.7 Å². The Labute approximate surface area is 115 Å². The van der Waals surface area contributed by atoms with Gasteiger partial charge in [-0.05, 0) is 38.0 Å². The first-order valence-corrected chi connectivity index (χ1v) is 7.53. The van der Waals surface area contributed by atoms with Crippen LogP contribution in [0.25, 0.3) is 0 Å². The molecule has 0 radical (unpaired) electrons. The molecule has 2 rings (SSSR count). The number of carbonyl (C=O) groups is 1. The molecule has 4 heteroatoms. The van der Waals surface area contributed by atoms with E-state index in [1.807, 2.05) is 6.07 Å². The number of nitrogens with zero attached hydrogens (tertiary/aromatic N) is 2. The lowest BCUT2D eigenvalue weighted by atomic mass is 9.72. The minimum Gasteiger partial charge on any atom is -0.272 e. The largest absolute Gasteiger partial charge is 0.272 e. The van der Waals surface area contributed by atoms with Gasteiger partial charge in [0.15, 0.2) is 0 Å². The smallest absolute Gasteiger partial charge is 0.254 e. The van der Waals surface area contributed by atoms with Crippen LogP contribution in [0.2, 0.25) is 0 Å².